The summed E-state index contributed by atoms with van der Waals surface area (Å²) in [5.41, 5.74) is 1.00. The lowest BCUT2D eigenvalue weighted by molar-refractivity contribution is 0.600. The van der Waals surface area contributed by atoms with Crippen LogP contribution < -0.4 is 11.2 Å². The van der Waals surface area contributed by atoms with Gasteiger partial charge in [0, 0.05) is 24.4 Å². The smallest absolute Gasteiger partial charge is 0.313 e. The van der Waals surface area contributed by atoms with Crippen molar-refractivity contribution >= 4 is 34.5 Å². The molecular weight excluding hydrogens is 360 g/mol. The predicted molar refractivity (Wildman–Crippen MR) is 102 cm³/mol. The lowest BCUT2D eigenvalue weighted by atomic mass is 10.2. The first-order valence-electron chi connectivity index (χ1n) is 8.08. The molecule has 0 aliphatic carbocycles. The van der Waals surface area contributed by atoms with Gasteiger partial charge in [-0.1, -0.05) is 54.9 Å². The fourth-order valence-electron chi connectivity index (χ4n) is 2.61. The van der Waals surface area contributed by atoms with Gasteiger partial charge in [0.25, 0.3) is 5.56 Å². The maximum absolute atomic E-state index is 12.3. The zero-order valence-corrected chi connectivity index (χ0v) is 15.7. The van der Waals surface area contributed by atoms with Crippen LogP contribution in [0.25, 0.3) is 11.2 Å². The summed E-state index contributed by atoms with van der Waals surface area (Å²) in [5.74, 6) is 0.640. The third-order valence-electron chi connectivity index (χ3n) is 4.02. The summed E-state index contributed by atoms with van der Waals surface area (Å²) in [4.78, 5) is 31.1. The van der Waals surface area contributed by atoms with Gasteiger partial charge in [-0.2, -0.15) is 0 Å². The Morgan fingerprint density at radius 2 is 2.04 bits per heavy atom. The van der Waals surface area contributed by atoms with Crippen LogP contribution in [0.3, 0.4) is 0 Å². The van der Waals surface area contributed by atoms with Gasteiger partial charge in [-0.05, 0) is 18.1 Å². The summed E-state index contributed by atoms with van der Waals surface area (Å²) in [6.07, 6.45) is 1.92. The fraction of sp³-hybridized carbons (Fsp3) is 0.353. The summed E-state index contributed by atoms with van der Waals surface area (Å²) >= 11 is 7.74. The number of imidazole rings is 1. The average molecular weight is 379 g/mol. The Morgan fingerprint density at radius 3 is 2.76 bits per heavy atom. The Morgan fingerprint density at radius 1 is 1.28 bits per heavy atom. The van der Waals surface area contributed by atoms with Crippen LogP contribution in [-0.4, -0.2) is 19.1 Å². The number of aromatic nitrogens is 4. The van der Waals surface area contributed by atoms with Crippen LogP contribution in [-0.2, 0) is 19.3 Å². The van der Waals surface area contributed by atoms with E-state index < -0.39 is 11.2 Å². The van der Waals surface area contributed by atoms with Crippen molar-refractivity contribution in [2.24, 2.45) is 7.05 Å². The van der Waals surface area contributed by atoms with Crippen molar-refractivity contribution < 1.29 is 0 Å². The Bertz CT molecular complexity index is 1020. The SMILES string of the molecule is CCCCn1c(SCc2ccccc2Cl)nc2c1c(=O)[nH]c(=O)n2C. The molecule has 3 rings (SSSR count). The van der Waals surface area contributed by atoms with Crippen molar-refractivity contribution in [3.63, 3.8) is 0 Å². The summed E-state index contributed by atoms with van der Waals surface area (Å²) in [5, 5.41) is 1.42. The molecule has 2 heterocycles. The highest BCUT2D eigenvalue weighted by atomic mass is 35.5. The zero-order valence-electron chi connectivity index (χ0n) is 14.1. The molecule has 132 valence electrons. The lowest BCUT2D eigenvalue weighted by Crippen LogP contribution is -2.29. The Hall–Kier alpha value is -1.99. The third kappa shape index (κ3) is 3.52. The number of fused-ring (bicyclic) bond motifs is 1. The second-order valence-corrected chi connectivity index (χ2v) is 7.12. The minimum atomic E-state index is -0.458. The standard InChI is InChI=1S/C17H19ClN4O2S/c1-3-4-9-22-13-14(21(2)16(24)20-15(13)23)19-17(22)25-10-11-7-5-6-8-12(11)18/h5-8H,3-4,9-10H2,1-2H3,(H,20,23,24). The number of benzene rings is 1. The van der Waals surface area contributed by atoms with Crippen LogP contribution in [0.15, 0.2) is 39.0 Å². The number of aryl methyl sites for hydroxylation is 2. The van der Waals surface area contributed by atoms with Crippen LogP contribution in [0.2, 0.25) is 5.02 Å². The molecule has 6 nitrogen and oxygen atoms in total. The van der Waals surface area contributed by atoms with E-state index in [0.29, 0.717) is 28.5 Å². The topological polar surface area (TPSA) is 72.7 Å². The van der Waals surface area contributed by atoms with Crippen molar-refractivity contribution in [1.29, 1.82) is 0 Å². The predicted octanol–water partition coefficient (Wildman–Crippen LogP) is 3.17. The Labute approximate surface area is 153 Å². The van der Waals surface area contributed by atoms with E-state index in [1.165, 1.54) is 16.3 Å². The van der Waals surface area contributed by atoms with Gasteiger partial charge in [-0.3, -0.25) is 14.3 Å². The molecule has 0 fully saturated rings. The van der Waals surface area contributed by atoms with Gasteiger partial charge in [-0.15, -0.1) is 0 Å². The maximum Gasteiger partial charge on any atom is 0.329 e. The second kappa shape index (κ2) is 7.49. The molecule has 8 heteroatoms. The number of hydrogen-bond acceptors (Lipinski definition) is 4. The van der Waals surface area contributed by atoms with Gasteiger partial charge in [0.2, 0.25) is 0 Å². The number of H-pyrrole nitrogens is 1. The largest absolute Gasteiger partial charge is 0.329 e. The highest BCUT2D eigenvalue weighted by Crippen LogP contribution is 2.28. The zero-order chi connectivity index (χ0) is 18.0. The molecule has 0 amide bonds. The molecule has 0 spiro atoms. The van der Waals surface area contributed by atoms with Crippen LogP contribution in [0.1, 0.15) is 25.3 Å². The van der Waals surface area contributed by atoms with Crippen molar-refractivity contribution in [2.45, 2.75) is 37.2 Å². The molecule has 0 aliphatic rings. The van der Waals surface area contributed by atoms with Crippen molar-refractivity contribution in [3.05, 3.63) is 55.7 Å². The van der Waals surface area contributed by atoms with E-state index in [2.05, 4.69) is 16.9 Å². The van der Waals surface area contributed by atoms with Gasteiger partial charge < -0.3 is 4.57 Å². The molecule has 3 aromatic rings. The molecule has 1 N–H and O–H groups in total. The third-order valence-corrected chi connectivity index (χ3v) is 5.42. The number of nitrogens with one attached hydrogen (secondary N) is 1. The minimum absolute atomic E-state index is 0.397. The van der Waals surface area contributed by atoms with Gasteiger partial charge >= 0.3 is 5.69 Å². The first-order chi connectivity index (χ1) is 12.0. The molecular formula is C17H19ClN4O2S. The van der Waals surface area contributed by atoms with Crippen LogP contribution >= 0.6 is 23.4 Å². The van der Waals surface area contributed by atoms with E-state index in [0.717, 1.165) is 23.6 Å². The van der Waals surface area contributed by atoms with Crippen LogP contribution in [0, 0.1) is 0 Å². The minimum Gasteiger partial charge on any atom is -0.313 e. The summed E-state index contributed by atoms with van der Waals surface area (Å²) in [6, 6.07) is 7.65. The van der Waals surface area contributed by atoms with Gasteiger partial charge in [0.15, 0.2) is 16.3 Å². The molecule has 2 aromatic heterocycles. The number of thioether (sulfide) groups is 1. The van der Waals surface area contributed by atoms with Gasteiger partial charge in [0.1, 0.15) is 0 Å². The Balaban J connectivity index is 2.05. The summed E-state index contributed by atoms with van der Waals surface area (Å²) in [6.45, 7) is 2.77. The van der Waals surface area contributed by atoms with E-state index in [4.69, 9.17) is 11.6 Å². The summed E-state index contributed by atoms with van der Waals surface area (Å²) < 4.78 is 3.28. The quantitative estimate of drug-likeness (QED) is 0.668. The van der Waals surface area contributed by atoms with Crippen LogP contribution in [0.4, 0.5) is 0 Å². The van der Waals surface area contributed by atoms with E-state index in [1.54, 1.807) is 7.05 Å². The molecule has 1 aromatic carbocycles. The number of unbranched alkanes of at least 4 members (excludes halogenated alkanes) is 1. The van der Waals surface area contributed by atoms with Crippen molar-refractivity contribution in [1.82, 2.24) is 19.1 Å². The number of halogens is 1. The summed E-state index contributed by atoms with van der Waals surface area (Å²) in [7, 11) is 1.61. The lowest BCUT2D eigenvalue weighted by Gasteiger charge is -2.08. The van der Waals surface area contributed by atoms with Gasteiger partial charge in [0.05, 0.1) is 0 Å². The number of nitrogens with zero attached hydrogens (tertiary/aromatic N) is 3. The van der Waals surface area contributed by atoms with Crippen molar-refractivity contribution in [3.8, 4) is 0 Å². The molecule has 0 saturated heterocycles. The number of rotatable bonds is 6. The van der Waals surface area contributed by atoms with Gasteiger partial charge in [-0.25, -0.2) is 9.78 Å². The van der Waals surface area contributed by atoms with Crippen molar-refractivity contribution in [2.75, 3.05) is 0 Å². The van der Waals surface area contributed by atoms with E-state index in [9.17, 15) is 9.59 Å². The highest BCUT2D eigenvalue weighted by Gasteiger charge is 2.17. The first-order valence-corrected chi connectivity index (χ1v) is 9.45. The second-order valence-electron chi connectivity index (χ2n) is 5.77. The molecule has 0 atom stereocenters. The van der Waals surface area contributed by atoms with E-state index >= 15 is 0 Å². The molecule has 0 bridgehead atoms. The molecule has 0 radical (unpaired) electrons. The number of hydrogen-bond donors (Lipinski definition) is 1. The Kier molecular flexibility index (Phi) is 5.34. The number of aromatic amines is 1. The highest BCUT2D eigenvalue weighted by molar-refractivity contribution is 7.98. The monoisotopic (exact) mass is 378 g/mol. The van der Waals surface area contributed by atoms with E-state index in [-0.39, 0.29) is 0 Å². The average Bonchev–Trinajstić information content (AvgIpc) is 2.96. The fourth-order valence-corrected chi connectivity index (χ4v) is 3.91. The van der Waals surface area contributed by atoms with E-state index in [1.807, 2.05) is 28.8 Å². The normalized spacial score (nSPS) is 11.3. The molecule has 0 unspecified atom stereocenters. The molecule has 25 heavy (non-hydrogen) atoms. The molecule has 0 aliphatic heterocycles. The van der Waals surface area contributed by atoms with Crippen LogP contribution in [0.5, 0.6) is 0 Å². The maximum atomic E-state index is 12.3. The first kappa shape index (κ1) is 17.8. The molecule has 0 saturated carbocycles.